The summed E-state index contributed by atoms with van der Waals surface area (Å²) in [7, 11) is 0. The van der Waals surface area contributed by atoms with E-state index < -0.39 is 0 Å². The summed E-state index contributed by atoms with van der Waals surface area (Å²) in [4.78, 5) is 17.8. The molecule has 4 nitrogen and oxygen atoms in total. The van der Waals surface area contributed by atoms with Crippen LogP contribution in [0.5, 0.6) is 0 Å². The van der Waals surface area contributed by atoms with E-state index in [0.717, 1.165) is 15.8 Å². The summed E-state index contributed by atoms with van der Waals surface area (Å²) in [6, 6.07) is 26.7. The highest BCUT2D eigenvalue weighted by Crippen LogP contribution is 2.39. The number of thiazole rings is 1. The van der Waals surface area contributed by atoms with Gasteiger partial charge in [0.1, 0.15) is 0 Å². The molecule has 0 saturated heterocycles. The number of aromatic nitrogens is 2. The smallest absolute Gasteiger partial charge is 0.215 e. The number of hydrogen-bond donors (Lipinski definition) is 0. The molecule has 5 rings (SSSR count). The van der Waals surface area contributed by atoms with Crippen LogP contribution in [0.2, 0.25) is 0 Å². The molecule has 5 aromatic rings. The number of benzene rings is 3. The van der Waals surface area contributed by atoms with Crippen molar-refractivity contribution in [1.29, 1.82) is 0 Å². The number of para-hydroxylation sites is 1. The van der Waals surface area contributed by atoms with Crippen LogP contribution in [0, 0.1) is 0 Å². The number of rotatable bonds is 4. The molecule has 0 bridgehead atoms. The van der Waals surface area contributed by atoms with Gasteiger partial charge < -0.3 is 4.52 Å². The Morgan fingerprint density at radius 2 is 1.50 bits per heavy atom. The van der Waals surface area contributed by atoms with Crippen molar-refractivity contribution >= 4 is 27.3 Å². The average Bonchev–Trinajstić information content (AvgIpc) is 3.38. The van der Waals surface area contributed by atoms with E-state index in [-0.39, 0.29) is 5.78 Å². The second kappa shape index (κ2) is 6.87. The van der Waals surface area contributed by atoms with Crippen LogP contribution in [0.4, 0.5) is 0 Å². The van der Waals surface area contributed by atoms with Gasteiger partial charge in [0.25, 0.3) is 0 Å². The van der Waals surface area contributed by atoms with Gasteiger partial charge in [-0.15, -0.1) is 11.3 Å². The van der Waals surface area contributed by atoms with E-state index in [9.17, 15) is 4.79 Å². The highest BCUT2D eigenvalue weighted by Gasteiger charge is 2.26. The van der Waals surface area contributed by atoms with Crippen LogP contribution in [-0.4, -0.2) is 15.9 Å². The first-order valence-corrected chi connectivity index (χ1v) is 9.64. The van der Waals surface area contributed by atoms with Crippen LogP contribution in [0.25, 0.3) is 32.1 Å². The van der Waals surface area contributed by atoms with Crippen molar-refractivity contribution in [3.05, 3.63) is 96.2 Å². The fourth-order valence-electron chi connectivity index (χ4n) is 3.16. The van der Waals surface area contributed by atoms with Gasteiger partial charge in [-0.3, -0.25) is 4.79 Å². The molecule has 134 valence electrons. The Kier molecular flexibility index (Phi) is 4.07. The lowest BCUT2D eigenvalue weighted by molar-refractivity contribution is 0.103. The van der Waals surface area contributed by atoms with E-state index >= 15 is 0 Å². The van der Waals surface area contributed by atoms with E-state index in [1.807, 2.05) is 72.8 Å². The molecular formula is C23H14N2O2S. The molecule has 0 saturated carbocycles. The van der Waals surface area contributed by atoms with Crippen LogP contribution in [0.15, 0.2) is 89.5 Å². The van der Waals surface area contributed by atoms with Gasteiger partial charge >= 0.3 is 0 Å². The average molecular weight is 382 g/mol. The first-order valence-electron chi connectivity index (χ1n) is 8.82. The van der Waals surface area contributed by atoms with E-state index in [2.05, 4.69) is 10.1 Å². The predicted molar refractivity (Wildman–Crippen MR) is 110 cm³/mol. The van der Waals surface area contributed by atoms with Gasteiger partial charge in [-0.1, -0.05) is 78.0 Å². The minimum absolute atomic E-state index is 0.171. The summed E-state index contributed by atoms with van der Waals surface area (Å²) in [5.41, 5.74) is 3.31. The molecule has 2 aromatic heterocycles. The molecule has 0 unspecified atom stereocenters. The summed E-state index contributed by atoms with van der Waals surface area (Å²) >= 11 is 1.52. The summed E-state index contributed by atoms with van der Waals surface area (Å²) in [5, 5.41) is 4.87. The van der Waals surface area contributed by atoms with E-state index in [1.54, 1.807) is 12.1 Å². The van der Waals surface area contributed by atoms with Gasteiger partial charge in [-0.2, -0.15) is 0 Å². The van der Waals surface area contributed by atoms with Crippen molar-refractivity contribution in [2.75, 3.05) is 0 Å². The molecule has 5 heteroatoms. The second-order valence-electron chi connectivity index (χ2n) is 6.28. The molecule has 3 aromatic carbocycles. The summed E-state index contributed by atoms with van der Waals surface area (Å²) < 4.78 is 6.74. The van der Waals surface area contributed by atoms with Crippen molar-refractivity contribution in [2.45, 2.75) is 0 Å². The van der Waals surface area contributed by atoms with Crippen LogP contribution >= 0.6 is 11.3 Å². The zero-order valence-corrected chi connectivity index (χ0v) is 15.5. The molecule has 0 amide bonds. The molecule has 0 radical (unpaired) electrons. The largest absolute Gasteiger partial charge is 0.352 e. The molecular weight excluding hydrogens is 368 g/mol. The quantitative estimate of drug-likeness (QED) is 0.366. The van der Waals surface area contributed by atoms with Crippen LogP contribution in [-0.2, 0) is 0 Å². The Morgan fingerprint density at radius 1 is 0.821 bits per heavy atom. The molecule has 0 aliphatic carbocycles. The topological polar surface area (TPSA) is 56.0 Å². The minimum Gasteiger partial charge on any atom is -0.352 e. The van der Waals surface area contributed by atoms with Gasteiger partial charge in [-0.05, 0) is 17.7 Å². The van der Waals surface area contributed by atoms with Crippen molar-refractivity contribution in [2.24, 2.45) is 0 Å². The lowest BCUT2D eigenvalue weighted by Crippen LogP contribution is -2.03. The van der Waals surface area contributed by atoms with Crippen LogP contribution in [0.1, 0.15) is 16.1 Å². The van der Waals surface area contributed by atoms with E-state index in [4.69, 9.17) is 4.52 Å². The van der Waals surface area contributed by atoms with Crippen LogP contribution < -0.4 is 0 Å². The van der Waals surface area contributed by atoms with Gasteiger partial charge in [-0.25, -0.2) is 4.98 Å². The maximum Gasteiger partial charge on any atom is 0.215 e. The van der Waals surface area contributed by atoms with E-state index in [1.165, 1.54) is 11.3 Å². The maximum absolute atomic E-state index is 13.1. The zero-order valence-electron chi connectivity index (χ0n) is 14.7. The first-order chi connectivity index (χ1) is 13.8. The highest BCUT2D eigenvalue weighted by molar-refractivity contribution is 7.21. The number of ketones is 1. The number of nitrogens with zero attached hydrogens (tertiary/aromatic N) is 2. The van der Waals surface area contributed by atoms with Gasteiger partial charge in [0, 0.05) is 5.56 Å². The van der Waals surface area contributed by atoms with Crippen molar-refractivity contribution in [1.82, 2.24) is 10.1 Å². The Bertz CT molecular complexity index is 1240. The summed E-state index contributed by atoms with van der Waals surface area (Å²) in [5.74, 6) is 0.349. The van der Waals surface area contributed by atoms with Crippen molar-refractivity contribution < 1.29 is 9.32 Å². The minimum atomic E-state index is -0.171. The normalized spacial score (nSPS) is 11.0. The number of hydrogen-bond acceptors (Lipinski definition) is 5. The SMILES string of the molecule is O=C(c1ccccc1)c1noc(-c2nc3ccccc3s2)c1-c1ccccc1. The molecule has 0 spiro atoms. The van der Waals surface area contributed by atoms with E-state index in [0.29, 0.717) is 27.6 Å². The maximum atomic E-state index is 13.1. The summed E-state index contributed by atoms with van der Waals surface area (Å²) in [6.07, 6.45) is 0. The molecule has 2 heterocycles. The highest BCUT2D eigenvalue weighted by atomic mass is 32.1. The third kappa shape index (κ3) is 2.82. The number of fused-ring (bicyclic) bond motifs is 1. The monoisotopic (exact) mass is 382 g/mol. The standard InChI is InChI=1S/C23H14N2O2S/c26-21(16-11-5-2-6-12-16)20-19(15-9-3-1-4-10-15)22(27-25-20)23-24-17-13-7-8-14-18(17)28-23/h1-14H. The molecule has 0 aliphatic heterocycles. The molecule has 28 heavy (non-hydrogen) atoms. The Hall–Kier alpha value is -3.57. The summed E-state index contributed by atoms with van der Waals surface area (Å²) in [6.45, 7) is 0. The molecule has 0 fully saturated rings. The van der Waals surface area contributed by atoms with Crippen LogP contribution in [0.3, 0.4) is 0 Å². The lowest BCUT2D eigenvalue weighted by Gasteiger charge is -2.03. The molecule has 0 atom stereocenters. The fourth-order valence-corrected chi connectivity index (χ4v) is 4.11. The third-order valence-electron chi connectivity index (χ3n) is 4.49. The first kappa shape index (κ1) is 16.6. The van der Waals surface area contributed by atoms with Crippen molar-refractivity contribution in [3.8, 4) is 21.9 Å². The number of carbonyl (C=O) groups excluding carboxylic acids is 1. The Balaban J connectivity index is 1.72. The number of carbonyl (C=O) groups is 1. The zero-order chi connectivity index (χ0) is 18.9. The Morgan fingerprint density at radius 3 is 2.25 bits per heavy atom. The Labute approximate surface area is 165 Å². The van der Waals surface area contributed by atoms with Gasteiger partial charge in [0.2, 0.25) is 11.5 Å². The van der Waals surface area contributed by atoms with Gasteiger partial charge in [0.05, 0.1) is 15.8 Å². The molecule has 0 N–H and O–H groups in total. The fraction of sp³-hybridized carbons (Fsp3) is 0. The van der Waals surface area contributed by atoms with Gasteiger partial charge in [0.15, 0.2) is 10.7 Å². The van der Waals surface area contributed by atoms with Crippen molar-refractivity contribution in [3.63, 3.8) is 0 Å². The second-order valence-corrected chi connectivity index (χ2v) is 7.31. The third-order valence-corrected chi connectivity index (χ3v) is 5.53. The molecule has 0 aliphatic rings. The predicted octanol–water partition coefficient (Wildman–Crippen LogP) is 5.85. The lowest BCUT2D eigenvalue weighted by atomic mass is 9.98.